The zero-order valence-electron chi connectivity index (χ0n) is 65.2. The fourth-order valence-corrected chi connectivity index (χ4v) is 16.5. The Morgan fingerprint density at radius 2 is 1.03 bits per heavy atom. The summed E-state index contributed by atoms with van der Waals surface area (Å²) in [6.07, 6.45) is 11.3. The summed E-state index contributed by atoms with van der Waals surface area (Å²) < 4.78 is 49.3. The van der Waals surface area contributed by atoms with E-state index in [2.05, 4.69) is 27.7 Å². The van der Waals surface area contributed by atoms with Crippen molar-refractivity contribution in [3.8, 4) is 46.0 Å². The predicted octanol–water partition coefficient (Wildman–Crippen LogP) is 13.4. The number of fused-ring (bicyclic) bond motifs is 10. The van der Waals surface area contributed by atoms with Crippen molar-refractivity contribution < 1.29 is 76.3 Å². The van der Waals surface area contributed by atoms with E-state index in [0.717, 1.165) is 59.0 Å². The number of amides is 5. The van der Waals surface area contributed by atoms with Gasteiger partial charge in [0.15, 0.2) is 52.3 Å². The maximum Gasteiger partial charge on any atom is 0.261 e. The number of para-hydroxylation sites is 4. The maximum absolute atomic E-state index is 15.6. The van der Waals surface area contributed by atoms with Gasteiger partial charge >= 0.3 is 0 Å². The van der Waals surface area contributed by atoms with Gasteiger partial charge in [0.05, 0.1) is 99.6 Å². The second kappa shape index (κ2) is 33.5. The fourth-order valence-electron chi connectivity index (χ4n) is 16.5. The minimum absolute atomic E-state index is 0.00489. The monoisotopic (exact) mass is 1580 g/mol. The molecule has 0 fully saturated rings. The molecule has 6 atom stereocenters. The van der Waals surface area contributed by atoms with Crippen molar-refractivity contribution >= 4 is 119 Å². The summed E-state index contributed by atoms with van der Waals surface area (Å²) in [5, 5.41) is 5.04. The zero-order chi connectivity index (χ0) is 81.8. The number of aldehydes is 3. The number of hydrogen-bond acceptors (Lipinski definition) is 21. The Labute approximate surface area is 679 Å². The molecule has 118 heavy (non-hydrogen) atoms. The Morgan fingerprint density at radius 1 is 0.508 bits per heavy atom. The molecule has 4 unspecified atom stereocenters. The summed E-state index contributed by atoms with van der Waals surface area (Å²) in [5.74, 6) is -0.428. The number of likely N-dealkylation sites (N-methyl/N-ethyl adjacent to an activating group) is 1. The Morgan fingerprint density at radius 3 is 1.62 bits per heavy atom. The van der Waals surface area contributed by atoms with Crippen LogP contribution in [-0.4, -0.2) is 146 Å². The highest BCUT2D eigenvalue weighted by atomic mass is 16.5. The number of benzene rings is 10. The summed E-state index contributed by atoms with van der Waals surface area (Å²) in [4.78, 5) is 133. The summed E-state index contributed by atoms with van der Waals surface area (Å²) in [6.45, 7) is 0.968. The Balaban J connectivity index is 0.649. The summed E-state index contributed by atoms with van der Waals surface area (Å²) in [7, 11) is 7.97. The van der Waals surface area contributed by atoms with E-state index in [1.165, 1.54) is 34.0 Å². The molecule has 0 spiro atoms. The summed E-state index contributed by atoms with van der Waals surface area (Å²) >= 11 is 0. The quantitative estimate of drug-likeness (QED) is 0.0325. The molecule has 6 aliphatic heterocycles. The van der Waals surface area contributed by atoms with Gasteiger partial charge < -0.3 is 63.1 Å². The lowest BCUT2D eigenvalue weighted by atomic mass is 9.76. The molecule has 0 bridgehead atoms. The van der Waals surface area contributed by atoms with E-state index in [4.69, 9.17) is 57.9 Å². The SMILES string of the molecule is COc1cc2c(cc1OCc1cc(COc3cc4c(cc3OC)C(=O)N3c5ccccc5C[C@H]3C=N4)cc(C(=O)NCC(=O)NCC=O)c1)N=CC1C(C3c4ccccc4N(C=O)[C@@H]3/C=N\c3cc(OCc4cc(C=O)cc(COc5cc(/N=C\C6Cc7ccccc7N6C)c(C=O)cc5OC)c4)c(OC)cc3C)c3ccccc3N1C2=O. The number of carbonyl (C=O) groups excluding carboxylic acids is 8. The van der Waals surface area contributed by atoms with Crippen LogP contribution in [0.3, 0.4) is 0 Å². The van der Waals surface area contributed by atoms with Crippen LogP contribution in [-0.2, 0) is 53.7 Å². The molecular weight excluding hydrogens is 1500 g/mol. The number of aryl methyl sites for hydroxylation is 1. The molecule has 5 amide bonds. The summed E-state index contributed by atoms with van der Waals surface area (Å²) in [6, 6.07) is 53.1. The van der Waals surface area contributed by atoms with Gasteiger partial charge in [-0.15, -0.1) is 0 Å². The molecule has 16 rings (SSSR count). The van der Waals surface area contributed by atoms with Gasteiger partial charge in [0.25, 0.3) is 17.7 Å². The van der Waals surface area contributed by atoms with Crippen LogP contribution in [0, 0.1) is 6.92 Å². The minimum Gasteiger partial charge on any atom is -0.493 e. The van der Waals surface area contributed by atoms with Gasteiger partial charge in [-0.25, -0.2) is 0 Å². The lowest BCUT2D eigenvalue weighted by molar-refractivity contribution is -0.121. The van der Waals surface area contributed by atoms with Gasteiger partial charge in [0.2, 0.25) is 12.3 Å². The average Bonchev–Trinajstić information content (AvgIpc) is 1.55. The van der Waals surface area contributed by atoms with E-state index in [1.54, 1.807) is 106 Å². The first-order valence-corrected chi connectivity index (χ1v) is 38.2. The molecule has 0 aromatic heterocycles. The molecule has 2 N–H and O–H groups in total. The molecule has 10 aromatic carbocycles. The van der Waals surface area contributed by atoms with E-state index >= 15 is 4.79 Å². The van der Waals surface area contributed by atoms with Crippen LogP contribution in [0.25, 0.3) is 0 Å². The largest absolute Gasteiger partial charge is 0.493 e. The molecule has 0 radical (unpaired) electrons. The Bertz CT molecular complexity index is 5840. The van der Waals surface area contributed by atoms with Crippen LogP contribution < -0.4 is 68.1 Å². The van der Waals surface area contributed by atoms with Gasteiger partial charge in [-0.2, -0.15) is 0 Å². The highest BCUT2D eigenvalue weighted by Gasteiger charge is 2.52. The molecule has 26 heteroatoms. The first-order valence-electron chi connectivity index (χ1n) is 38.2. The lowest BCUT2D eigenvalue weighted by Crippen LogP contribution is -2.44. The van der Waals surface area contributed by atoms with Gasteiger partial charge in [-0.05, 0) is 148 Å². The van der Waals surface area contributed by atoms with Crippen LogP contribution in [0.2, 0.25) is 0 Å². The molecule has 6 heterocycles. The Hall–Kier alpha value is -14.6. The van der Waals surface area contributed by atoms with E-state index in [1.807, 2.05) is 117 Å². The average molecular weight is 1580 g/mol. The number of carbonyl (C=O) groups is 8. The first-order chi connectivity index (χ1) is 57.6. The number of anilines is 4. The topological polar surface area (TPSA) is 297 Å². The number of aliphatic imine (C=N–C) groups is 4. The third kappa shape index (κ3) is 15.1. The predicted molar refractivity (Wildman–Crippen MR) is 446 cm³/mol. The van der Waals surface area contributed by atoms with Crippen LogP contribution in [0.4, 0.5) is 45.5 Å². The normalized spacial score (nSPS) is 17.6. The van der Waals surface area contributed by atoms with Crippen molar-refractivity contribution in [1.29, 1.82) is 0 Å². The standard InChI is InChI=1S/C92H80N10O16/c1-53-25-79(111-3)83(115-48-55-26-54(46-104)27-56(28-55)49-116-84-38-70(62(47-105)34-80(84)112-4)94-41-63-32-59-15-7-11-19-73(59)99(63)2)37-69(53)96-43-77-88(65-17-9-13-21-75(65)100(77)52-106)89-66-18-10-14-22-76(66)102-78(89)44-97-72-40-86(82(114-6)36-68(72)92(102)110)118-51-58-29-57(30-61(31-58)90(108)98-45-87(107)93-23-24-103)50-117-85-39-71-67(35-81(85)113-5)91(109)101-64(42-95-71)33-60-16-8-12-20-74(60)101/h7-22,24-31,34-44,46-47,52,63-64,77-78,88-89H,23,32-33,45,48-51H2,1-6H3,(H,93,107)(H,98,108)/b94-41-,96-43-/t63?,64-,77+,78?,88?,89?/m0/s1. The highest BCUT2D eigenvalue weighted by Crippen LogP contribution is 2.56. The van der Waals surface area contributed by atoms with Crippen molar-refractivity contribution in [2.24, 2.45) is 20.0 Å². The number of ether oxygens (including phenoxy) is 8. The molecule has 594 valence electrons. The van der Waals surface area contributed by atoms with Crippen molar-refractivity contribution in [3.05, 3.63) is 260 Å². The maximum atomic E-state index is 15.6. The second-order valence-corrected chi connectivity index (χ2v) is 29.1. The zero-order valence-corrected chi connectivity index (χ0v) is 65.2. The van der Waals surface area contributed by atoms with Crippen molar-refractivity contribution in [2.75, 3.05) is 68.2 Å². The van der Waals surface area contributed by atoms with Crippen LogP contribution >= 0.6 is 0 Å². The molecule has 0 aliphatic carbocycles. The summed E-state index contributed by atoms with van der Waals surface area (Å²) in [5.41, 5.74) is 13.2. The highest BCUT2D eigenvalue weighted by molar-refractivity contribution is 6.16. The minimum atomic E-state index is -0.723. The van der Waals surface area contributed by atoms with Crippen molar-refractivity contribution in [2.45, 2.75) is 82.2 Å². The fraction of sp³-hybridized carbons (Fsp3) is 0.217. The van der Waals surface area contributed by atoms with E-state index in [-0.39, 0.29) is 96.7 Å². The molecule has 10 aromatic rings. The van der Waals surface area contributed by atoms with Gasteiger partial charge in [0, 0.05) is 114 Å². The van der Waals surface area contributed by atoms with E-state index in [9.17, 15) is 33.6 Å². The van der Waals surface area contributed by atoms with E-state index < -0.39 is 42.3 Å². The van der Waals surface area contributed by atoms with Crippen molar-refractivity contribution in [3.63, 3.8) is 0 Å². The number of methoxy groups -OCH3 is 4. The van der Waals surface area contributed by atoms with Crippen LogP contribution in [0.15, 0.2) is 202 Å². The molecule has 6 aliphatic rings. The molecule has 0 saturated carbocycles. The van der Waals surface area contributed by atoms with Gasteiger partial charge in [0.1, 0.15) is 39.0 Å². The molecular formula is C92H80N10O16. The third-order valence-electron chi connectivity index (χ3n) is 22.1. The third-order valence-corrected chi connectivity index (χ3v) is 22.1. The smallest absolute Gasteiger partial charge is 0.261 e. The van der Waals surface area contributed by atoms with E-state index in [0.29, 0.717) is 103 Å². The van der Waals surface area contributed by atoms with Gasteiger partial charge in [-0.3, -0.25) is 63.3 Å². The molecule has 26 nitrogen and oxygen atoms in total. The van der Waals surface area contributed by atoms with Crippen molar-refractivity contribution in [1.82, 2.24) is 10.6 Å². The Kier molecular flexibility index (Phi) is 22.0. The number of nitrogens with zero attached hydrogens (tertiary/aromatic N) is 8. The number of nitrogens with one attached hydrogen (secondary N) is 2. The number of rotatable bonds is 29. The second-order valence-electron chi connectivity index (χ2n) is 29.1. The van der Waals surface area contributed by atoms with Crippen LogP contribution in [0.1, 0.15) is 114 Å². The van der Waals surface area contributed by atoms with Crippen LogP contribution in [0.5, 0.6) is 46.0 Å². The number of hydrogen-bond donors (Lipinski definition) is 2. The van der Waals surface area contributed by atoms with Gasteiger partial charge in [-0.1, -0.05) is 72.8 Å². The first kappa shape index (κ1) is 77.4. The lowest BCUT2D eigenvalue weighted by Gasteiger charge is -2.31. The molecule has 0 saturated heterocycles.